The smallest absolute Gasteiger partial charge is 0.0639 e. The van der Waals surface area contributed by atoms with Gasteiger partial charge in [0.15, 0.2) is 0 Å². The Kier molecular flexibility index (Phi) is 7.03. The number of halogens is 1. The van der Waals surface area contributed by atoms with Crippen LogP contribution < -0.4 is 10.2 Å². The second kappa shape index (κ2) is 9.90. The van der Waals surface area contributed by atoms with Crippen molar-refractivity contribution in [1.29, 1.82) is 0 Å². The molecule has 2 aromatic rings. The van der Waals surface area contributed by atoms with Crippen molar-refractivity contribution in [2.45, 2.75) is 32.0 Å². The number of pyridine rings is 1. The van der Waals surface area contributed by atoms with Crippen LogP contribution in [0.25, 0.3) is 0 Å². The zero-order valence-electron chi connectivity index (χ0n) is 17.3. The van der Waals surface area contributed by atoms with Crippen molar-refractivity contribution in [2.75, 3.05) is 50.7 Å². The fourth-order valence-electron chi connectivity index (χ4n) is 4.73. The molecule has 6 heteroatoms. The number of piperazine rings is 2. The Morgan fingerprint density at radius 3 is 2.59 bits per heavy atom. The standard InChI is InChI=1S/C23H32ClN5/c1-2-22(21-18-29(12-11-26-21)23-9-4-3-8-20(23)24)28-15-13-27(14-16-28)17-19-7-5-6-10-25-19/h3-10,21-22,26H,2,11-18H2,1H3. The number of rotatable bonds is 6. The normalized spacial score (nSPS) is 22.6. The first-order chi connectivity index (χ1) is 14.2. The molecule has 2 aliphatic rings. The van der Waals surface area contributed by atoms with Gasteiger partial charge in [-0.3, -0.25) is 14.8 Å². The average Bonchev–Trinajstić information content (AvgIpc) is 2.77. The first-order valence-electron chi connectivity index (χ1n) is 10.8. The monoisotopic (exact) mass is 413 g/mol. The fourth-order valence-corrected chi connectivity index (χ4v) is 4.99. The third-order valence-electron chi connectivity index (χ3n) is 6.27. The molecule has 5 nitrogen and oxygen atoms in total. The zero-order valence-corrected chi connectivity index (χ0v) is 18.1. The second-order valence-electron chi connectivity index (χ2n) is 8.07. The van der Waals surface area contributed by atoms with Crippen LogP contribution in [0.2, 0.25) is 5.02 Å². The SMILES string of the molecule is CCC(C1CN(c2ccccc2Cl)CCN1)N1CCN(Cc2ccccn2)CC1. The molecular weight excluding hydrogens is 382 g/mol. The molecule has 29 heavy (non-hydrogen) atoms. The Bertz CT molecular complexity index is 763. The van der Waals surface area contributed by atoms with Crippen LogP contribution in [0, 0.1) is 0 Å². The molecule has 1 aromatic heterocycles. The lowest BCUT2D eigenvalue weighted by molar-refractivity contribution is 0.0711. The van der Waals surface area contributed by atoms with E-state index in [1.54, 1.807) is 0 Å². The topological polar surface area (TPSA) is 34.6 Å². The molecule has 1 aromatic carbocycles. The van der Waals surface area contributed by atoms with Crippen molar-refractivity contribution >= 4 is 17.3 Å². The molecule has 0 spiro atoms. The third-order valence-corrected chi connectivity index (χ3v) is 6.59. The maximum Gasteiger partial charge on any atom is 0.0639 e. The van der Waals surface area contributed by atoms with Crippen molar-refractivity contribution in [2.24, 2.45) is 0 Å². The summed E-state index contributed by atoms with van der Waals surface area (Å²) in [5.74, 6) is 0. The van der Waals surface area contributed by atoms with Crippen LogP contribution in [0.5, 0.6) is 0 Å². The summed E-state index contributed by atoms with van der Waals surface area (Å²) in [5.41, 5.74) is 2.33. The minimum atomic E-state index is 0.465. The van der Waals surface area contributed by atoms with E-state index in [4.69, 9.17) is 11.6 Å². The van der Waals surface area contributed by atoms with Gasteiger partial charge in [0.05, 0.1) is 16.4 Å². The Morgan fingerprint density at radius 2 is 1.86 bits per heavy atom. The highest BCUT2D eigenvalue weighted by Crippen LogP contribution is 2.27. The van der Waals surface area contributed by atoms with E-state index < -0.39 is 0 Å². The number of anilines is 1. The van der Waals surface area contributed by atoms with Crippen LogP contribution >= 0.6 is 11.6 Å². The summed E-state index contributed by atoms with van der Waals surface area (Å²) in [7, 11) is 0. The summed E-state index contributed by atoms with van der Waals surface area (Å²) in [6.45, 7) is 10.7. The molecule has 156 valence electrons. The molecule has 4 rings (SSSR count). The van der Waals surface area contributed by atoms with Gasteiger partial charge in [0.1, 0.15) is 0 Å². The number of benzene rings is 1. The molecule has 0 bridgehead atoms. The largest absolute Gasteiger partial charge is 0.367 e. The number of para-hydroxylation sites is 1. The van der Waals surface area contributed by atoms with E-state index in [0.29, 0.717) is 12.1 Å². The van der Waals surface area contributed by atoms with E-state index in [1.807, 2.05) is 24.4 Å². The van der Waals surface area contributed by atoms with Gasteiger partial charge in [0.25, 0.3) is 0 Å². The van der Waals surface area contributed by atoms with E-state index >= 15 is 0 Å². The van der Waals surface area contributed by atoms with Crippen molar-refractivity contribution < 1.29 is 0 Å². The van der Waals surface area contributed by atoms with Crippen LogP contribution in [0.4, 0.5) is 5.69 Å². The van der Waals surface area contributed by atoms with Gasteiger partial charge in [-0.2, -0.15) is 0 Å². The molecule has 2 saturated heterocycles. The van der Waals surface area contributed by atoms with Crippen molar-refractivity contribution in [3.63, 3.8) is 0 Å². The van der Waals surface area contributed by atoms with Gasteiger partial charge in [-0.05, 0) is 30.7 Å². The molecule has 0 radical (unpaired) electrons. The first-order valence-corrected chi connectivity index (χ1v) is 11.2. The van der Waals surface area contributed by atoms with Gasteiger partial charge in [-0.1, -0.05) is 36.7 Å². The highest BCUT2D eigenvalue weighted by molar-refractivity contribution is 6.33. The van der Waals surface area contributed by atoms with Gasteiger partial charge in [-0.25, -0.2) is 0 Å². The predicted molar refractivity (Wildman–Crippen MR) is 121 cm³/mol. The molecule has 2 fully saturated rings. The lowest BCUT2D eigenvalue weighted by Crippen LogP contribution is -2.62. The number of nitrogens with one attached hydrogen (secondary N) is 1. The van der Waals surface area contributed by atoms with E-state index in [2.05, 4.69) is 56.2 Å². The molecule has 3 heterocycles. The van der Waals surface area contributed by atoms with Crippen molar-refractivity contribution in [3.8, 4) is 0 Å². The average molecular weight is 414 g/mol. The lowest BCUT2D eigenvalue weighted by Gasteiger charge is -2.45. The van der Waals surface area contributed by atoms with Crippen molar-refractivity contribution in [1.82, 2.24) is 20.1 Å². The lowest BCUT2D eigenvalue weighted by atomic mass is 9.99. The van der Waals surface area contributed by atoms with Gasteiger partial charge < -0.3 is 10.2 Å². The molecule has 0 amide bonds. The quantitative estimate of drug-likeness (QED) is 0.787. The molecule has 2 aliphatic heterocycles. The highest BCUT2D eigenvalue weighted by Gasteiger charge is 2.32. The zero-order chi connectivity index (χ0) is 20.1. The minimum absolute atomic E-state index is 0.465. The van der Waals surface area contributed by atoms with E-state index in [-0.39, 0.29) is 0 Å². The first kappa shape index (κ1) is 20.6. The van der Waals surface area contributed by atoms with E-state index in [0.717, 1.165) is 75.2 Å². The summed E-state index contributed by atoms with van der Waals surface area (Å²) in [4.78, 5) is 12.1. The Balaban J connectivity index is 1.35. The number of aromatic nitrogens is 1. The summed E-state index contributed by atoms with van der Waals surface area (Å²) in [6, 6.07) is 15.4. The predicted octanol–water partition coefficient (Wildman–Crippen LogP) is 3.11. The Hall–Kier alpha value is -1.66. The van der Waals surface area contributed by atoms with Gasteiger partial charge in [-0.15, -0.1) is 0 Å². The van der Waals surface area contributed by atoms with Gasteiger partial charge in [0, 0.05) is 70.6 Å². The summed E-state index contributed by atoms with van der Waals surface area (Å²) >= 11 is 6.47. The minimum Gasteiger partial charge on any atom is -0.367 e. The molecule has 1 N–H and O–H groups in total. The van der Waals surface area contributed by atoms with Crippen LogP contribution in [-0.4, -0.2) is 72.7 Å². The number of hydrogen-bond acceptors (Lipinski definition) is 5. The number of nitrogens with zero attached hydrogens (tertiary/aromatic N) is 4. The summed E-state index contributed by atoms with van der Waals surface area (Å²) < 4.78 is 0. The summed E-state index contributed by atoms with van der Waals surface area (Å²) in [6.07, 6.45) is 3.05. The summed E-state index contributed by atoms with van der Waals surface area (Å²) in [5, 5.41) is 4.64. The van der Waals surface area contributed by atoms with Crippen LogP contribution in [0.3, 0.4) is 0 Å². The fraction of sp³-hybridized carbons (Fsp3) is 0.522. The molecule has 0 aliphatic carbocycles. The molecule has 0 saturated carbocycles. The van der Waals surface area contributed by atoms with Crippen LogP contribution in [-0.2, 0) is 6.54 Å². The van der Waals surface area contributed by atoms with Gasteiger partial charge >= 0.3 is 0 Å². The second-order valence-corrected chi connectivity index (χ2v) is 8.47. The molecule has 2 atom stereocenters. The van der Waals surface area contributed by atoms with E-state index in [9.17, 15) is 0 Å². The number of hydrogen-bond donors (Lipinski definition) is 1. The third kappa shape index (κ3) is 5.10. The van der Waals surface area contributed by atoms with Crippen LogP contribution in [0.1, 0.15) is 19.0 Å². The maximum absolute atomic E-state index is 6.47. The Morgan fingerprint density at radius 1 is 1.07 bits per heavy atom. The van der Waals surface area contributed by atoms with Crippen LogP contribution in [0.15, 0.2) is 48.7 Å². The van der Waals surface area contributed by atoms with E-state index in [1.165, 1.54) is 0 Å². The Labute approximate surface area is 179 Å². The maximum atomic E-state index is 6.47. The van der Waals surface area contributed by atoms with Crippen molar-refractivity contribution in [3.05, 3.63) is 59.4 Å². The molecule has 2 unspecified atom stereocenters. The molecular formula is C23H32ClN5. The van der Waals surface area contributed by atoms with Gasteiger partial charge in [0.2, 0.25) is 0 Å². The highest BCUT2D eigenvalue weighted by atomic mass is 35.5.